The van der Waals surface area contributed by atoms with E-state index in [0.29, 0.717) is 11.6 Å². The van der Waals surface area contributed by atoms with Crippen LogP contribution in [0.3, 0.4) is 0 Å². The molecule has 1 saturated heterocycles. The van der Waals surface area contributed by atoms with Gasteiger partial charge in [0.25, 0.3) is 0 Å². The lowest BCUT2D eigenvalue weighted by molar-refractivity contribution is 0.0391. The maximum Gasteiger partial charge on any atom is 0.204 e. The maximum absolute atomic E-state index is 12.7. The minimum atomic E-state index is 0.0771. The van der Waals surface area contributed by atoms with Gasteiger partial charge in [-0.05, 0) is 37.1 Å². The van der Waals surface area contributed by atoms with Crippen molar-refractivity contribution in [3.05, 3.63) is 46.6 Å². The quantitative estimate of drug-likeness (QED) is 0.769. The van der Waals surface area contributed by atoms with Gasteiger partial charge in [0, 0.05) is 50.2 Å². The molecular formula is C19H23N3O2S. The molecule has 0 radical (unpaired) electrons. The molecule has 0 aromatic carbocycles. The SMILES string of the molecule is CC1Cc2cc(C(=O)c3cccnc3)sc2N1CCN1CCOCC1. The Kier molecular flexibility index (Phi) is 4.83. The van der Waals surface area contributed by atoms with Gasteiger partial charge in [-0.2, -0.15) is 0 Å². The van der Waals surface area contributed by atoms with Crippen molar-refractivity contribution in [1.82, 2.24) is 9.88 Å². The molecule has 6 heteroatoms. The number of anilines is 1. The molecule has 1 fully saturated rings. The highest BCUT2D eigenvalue weighted by Crippen LogP contribution is 2.40. The summed E-state index contributed by atoms with van der Waals surface area (Å²) in [6, 6.07) is 6.23. The Morgan fingerprint density at radius 3 is 2.96 bits per heavy atom. The van der Waals surface area contributed by atoms with Crippen molar-refractivity contribution in [2.24, 2.45) is 0 Å². The second-order valence-electron chi connectivity index (χ2n) is 6.71. The van der Waals surface area contributed by atoms with Crippen molar-refractivity contribution in [3.8, 4) is 0 Å². The summed E-state index contributed by atoms with van der Waals surface area (Å²) in [5, 5.41) is 1.27. The average Bonchev–Trinajstić information content (AvgIpc) is 3.18. The molecule has 1 unspecified atom stereocenters. The van der Waals surface area contributed by atoms with Crippen LogP contribution in [0.2, 0.25) is 0 Å². The average molecular weight is 357 g/mol. The lowest BCUT2D eigenvalue weighted by atomic mass is 10.1. The Morgan fingerprint density at radius 1 is 1.36 bits per heavy atom. The van der Waals surface area contributed by atoms with Gasteiger partial charge in [-0.15, -0.1) is 11.3 Å². The summed E-state index contributed by atoms with van der Waals surface area (Å²) >= 11 is 1.63. The molecule has 0 N–H and O–H groups in total. The summed E-state index contributed by atoms with van der Waals surface area (Å²) in [5.74, 6) is 0.0771. The molecule has 4 rings (SSSR count). The largest absolute Gasteiger partial charge is 0.379 e. The van der Waals surface area contributed by atoms with Crippen LogP contribution in [0.4, 0.5) is 5.00 Å². The van der Waals surface area contributed by atoms with E-state index in [4.69, 9.17) is 4.74 Å². The molecule has 0 saturated carbocycles. The van der Waals surface area contributed by atoms with E-state index in [2.05, 4.69) is 27.8 Å². The van der Waals surface area contributed by atoms with E-state index in [0.717, 1.165) is 50.7 Å². The zero-order valence-corrected chi connectivity index (χ0v) is 15.3. The van der Waals surface area contributed by atoms with Crippen LogP contribution in [-0.4, -0.2) is 61.1 Å². The van der Waals surface area contributed by atoms with Gasteiger partial charge in [0.15, 0.2) is 0 Å². The van der Waals surface area contributed by atoms with Gasteiger partial charge in [0.05, 0.1) is 23.1 Å². The number of aromatic nitrogens is 1. The smallest absolute Gasteiger partial charge is 0.204 e. The van der Waals surface area contributed by atoms with Gasteiger partial charge < -0.3 is 9.64 Å². The Balaban J connectivity index is 1.48. The van der Waals surface area contributed by atoms with E-state index in [1.807, 2.05) is 12.1 Å². The van der Waals surface area contributed by atoms with Crippen LogP contribution in [-0.2, 0) is 11.2 Å². The third-order valence-corrected chi connectivity index (χ3v) is 6.22. The van der Waals surface area contributed by atoms with Crippen LogP contribution in [0.5, 0.6) is 0 Å². The predicted molar refractivity (Wildman–Crippen MR) is 99.8 cm³/mol. The molecule has 2 aromatic rings. The highest BCUT2D eigenvalue weighted by Gasteiger charge is 2.30. The number of morpholine rings is 1. The number of ether oxygens (including phenoxy) is 1. The second-order valence-corrected chi connectivity index (χ2v) is 7.74. The Bertz CT molecular complexity index is 740. The van der Waals surface area contributed by atoms with Gasteiger partial charge in [-0.25, -0.2) is 0 Å². The molecular weight excluding hydrogens is 334 g/mol. The summed E-state index contributed by atoms with van der Waals surface area (Å²) < 4.78 is 5.42. The van der Waals surface area contributed by atoms with Crippen molar-refractivity contribution in [3.63, 3.8) is 0 Å². The van der Waals surface area contributed by atoms with Gasteiger partial charge >= 0.3 is 0 Å². The van der Waals surface area contributed by atoms with E-state index in [1.54, 1.807) is 23.7 Å². The van der Waals surface area contributed by atoms with Gasteiger partial charge in [0.1, 0.15) is 0 Å². The number of carbonyl (C=O) groups excluding carboxylic acids is 1. The summed E-state index contributed by atoms with van der Waals surface area (Å²) in [7, 11) is 0. The Morgan fingerprint density at radius 2 is 2.20 bits per heavy atom. The molecule has 132 valence electrons. The number of fused-ring (bicyclic) bond motifs is 1. The molecule has 2 aliphatic heterocycles. The highest BCUT2D eigenvalue weighted by atomic mass is 32.1. The number of rotatable bonds is 5. The first-order valence-electron chi connectivity index (χ1n) is 8.86. The standard InChI is InChI=1S/C19H23N3O2S/c1-14-11-16-12-17(18(23)15-3-2-4-20-13-15)25-19(16)22(14)6-5-21-7-9-24-10-8-21/h2-4,12-14H,5-11H2,1H3. The summed E-state index contributed by atoms with van der Waals surface area (Å²) in [6.45, 7) is 8.04. The molecule has 4 heterocycles. The minimum absolute atomic E-state index is 0.0771. The van der Waals surface area contributed by atoms with Crippen molar-refractivity contribution in [2.45, 2.75) is 19.4 Å². The first kappa shape index (κ1) is 16.7. The number of hydrogen-bond acceptors (Lipinski definition) is 6. The molecule has 2 aromatic heterocycles. The first-order valence-corrected chi connectivity index (χ1v) is 9.68. The third-order valence-electron chi connectivity index (χ3n) is 5.00. The lowest BCUT2D eigenvalue weighted by Crippen LogP contribution is -2.42. The lowest BCUT2D eigenvalue weighted by Gasteiger charge is -2.31. The van der Waals surface area contributed by atoms with Crippen LogP contribution in [0, 0.1) is 0 Å². The molecule has 5 nitrogen and oxygen atoms in total. The van der Waals surface area contributed by atoms with Crippen molar-refractivity contribution >= 4 is 22.1 Å². The number of nitrogens with zero attached hydrogens (tertiary/aromatic N) is 3. The van der Waals surface area contributed by atoms with E-state index >= 15 is 0 Å². The van der Waals surface area contributed by atoms with Crippen LogP contribution in [0.15, 0.2) is 30.6 Å². The third kappa shape index (κ3) is 3.47. The fourth-order valence-electron chi connectivity index (χ4n) is 3.58. The maximum atomic E-state index is 12.7. The van der Waals surface area contributed by atoms with Crippen molar-refractivity contribution in [2.75, 3.05) is 44.3 Å². The molecule has 1 atom stereocenters. The fourth-order valence-corrected chi connectivity index (χ4v) is 4.87. The second kappa shape index (κ2) is 7.23. The van der Waals surface area contributed by atoms with Crippen molar-refractivity contribution in [1.29, 1.82) is 0 Å². The molecule has 25 heavy (non-hydrogen) atoms. The van der Waals surface area contributed by atoms with E-state index in [-0.39, 0.29) is 5.78 Å². The zero-order valence-electron chi connectivity index (χ0n) is 14.5. The van der Waals surface area contributed by atoms with Crippen LogP contribution >= 0.6 is 11.3 Å². The van der Waals surface area contributed by atoms with E-state index in [1.165, 1.54) is 10.6 Å². The monoisotopic (exact) mass is 357 g/mol. The highest BCUT2D eigenvalue weighted by molar-refractivity contribution is 7.18. The summed E-state index contributed by atoms with van der Waals surface area (Å²) in [4.78, 5) is 22.5. The minimum Gasteiger partial charge on any atom is -0.379 e. The first-order chi connectivity index (χ1) is 12.2. The number of carbonyl (C=O) groups is 1. The molecule has 0 aliphatic carbocycles. The van der Waals surface area contributed by atoms with Crippen molar-refractivity contribution < 1.29 is 9.53 Å². The number of hydrogen-bond donors (Lipinski definition) is 0. The molecule has 2 aliphatic rings. The number of thiophene rings is 1. The Hall–Kier alpha value is -1.76. The van der Waals surface area contributed by atoms with E-state index in [9.17, 15) is 4.79 Å². The molecule has 0 spiro atoms. The zero-order chi connectivity index (χ0) is 17.2. The van der Waals surface area contributed by atoms with Crippen LogP contribution in [0.1, 0.15) is 27.7 Å². The number of ketones is 1. The molecule has 0 bridgehead atoms. The topological polar surface area (TPSA) is 45.7 Å². The Labute approximate surface area is 152 Å². The number of pyridine rings is 1. The molecule has 0 amide bonds. The van der Waals surface area contributed by atoms with Gasteiger partial charge in [0.2, 0.25) is 5.78 Å². The van der Waals surface area contributed by atoms with E-state index < -0.39 is 0 Å². The summed E-state index contributed by atoms with van der Waals surface area (Å²) in [5.41, 5.74) is 1.97. The normalized spacial score (nSPS) is 20.7. The van der Waals surface area contributed by atoms with Crippen LogP contribution < -0.4 is 4.90 Å². The van der Waals surface area contributed by atoms with Gasteiger partial charge in [-0.3, -0.25) is 14.7 Å². The predicted octanol–water partition coefficient (Wildman–Crippen LogP) is 2.46. The fraction of sp³-hybridized carbons (Fsp3) is 0.474. The van der Waals surface area contributed by atoms with Crippen LogP contribution in [0.25, 0.3) is 0 Å². The van der Waals surface area contributed by atoms with Gasteiger partial charge in [-0.1, -0.05) is 0 Å². The summed E-state index contributed by atoms with van der Waals surface area (Å²) in [6.07, 6.45) is 4.36.